The van der Waals surface area contributed by atoms with E-state index in [0.29, 0.717) is 12.5 Å². The molecule has 2 heterocycles. The fraction of sp³-hybridized carbons (Fsp3) is 0.238. The number of anilines is 3. The second-order valence-electron chi connectivity index (χ2n) is 6.70. The lowest BCUT2D eigenvalue weighted by molar-refractivity contribution is 0.174. The number of hydrogen-bond acceptors (Lipinski definition) is 6. The maximum Gasteiger partial charge on any atom is 0.231 e. The van der Waals surface area contributed by atoms with Crippen molar-refractivity contribution in [3.63, 3.8) is 0 Å². The van der Waals surface area contributed by atoms with E-state index in [1.54, 1.807) is 0 Å². The van der Waals surface area contributed by atoms with Crippen molar-refractivity contribution in [2.75, 3.05) is 17.4 Å². The van der Waals surface area contributed by atoms with Crippen molar-refractivity contribution in [3.05, 3.63) is 64.8 Å². The second kappa shape index (κ2) is 7.15. The van der Waals surface area contributed by atoms with E-state index in [1.165, 1.54) is 11.1 Å². The minimum absolute atomic E-state index is 0.278. The van der Waals surface area contributed by atoms with E-state index in [2.05, 4.69) is 52.6 Å². The molecule has 27 heavy (non-hydrogen) atoms. The number of nitrogens with one attached hydrogen (secondary N) is 2. The zero-order chi connectivity index (χ0) is 18.8. The molecule has 0 radical (unpaired) electrons. The average Bonchev–Trinajstić information content (AvgIpc) is 3.10. The number of benzene rings is 2. The van der Waals surface area contributed by atoms with E-state index in [4.69, 9.17) is 9.47 Å². The molecule has 0 amide bonds. The Morgan fingerprint density at radius 2 is 1.78 bits per heavy atom. The Morgan fingerprint density at radius 3 is 2.63 bits per heavy atom. The van der Waals surface area contributed by atoms with Crippen LogP contribution in [0.4, 0.5) is 17.5 Å². The largest absolute Gasteiger partial charge is 0.454 e. The van der Waals surface area contributed by atoms with Crippen molar-refractivity contribution in [1.82, 2.24) is 9.97 Å². The SMILES string of the molecule is Cc1ccc(Nc2cc(C)nc(NCc3ccc4c(c3)OCO4)n2)c(C)c1. The van der Waals surface area contributed by atoms with Gasteiger partial charge in [0.05, 0.1) is 0 Å². The van der Waals surface area contributed by atoms with Gasteiger partial charge in [-0.25, -0.2) is 4.98 Å². The highest BCUT2D eigenvalue weighted by Gasteiger charge is 2.13. The molecule has 0 aliphatic carbocycles. The highest BCUT2D eigenvalue weighted by Crippen LogP contribution is 2.32. The van der Waals surface area contributed by atoms with Gasteiger partial charge in [-0.3, -0.25) is 0 Å². The van der Waals surface area contributed by atoms with Crippen molar-refractivity contribution in [1.29, 1.82) is 0 Å². The van der Waals surface area contributed by atoms with Gasteiger partial charge in [0, 0.05) is 24.0 Å². The zero-order valence-corrected chi connectivity index (χ0v) is 15.7. The third-order valence-corrected chi connectivity index (χ3v) is 4.39. The molecule has 2 N–H and O–H groups in total. The van der Waals surface area contributed by atoms with Crippen LogP contribution in [0.25, 0.3) is 0 Å². The van der Waals surface area contributed by atoms with Crippen molar-refractivity contribution in [3.8, 4) is 11.5 Å². The summed E-state index contributed by atoms with van der Waals surface area (Å²) >= 11 is 0. The summed E-state index contributed by atoms with van der Waals surface area (Å²) in [5.41, 5.74) is 5.43. The van der Waals surface area contributed by atoms with Crippen LogP contribution in [-0.4, -0.2) is 16.8 Å². The molecule has 1 aliphatic heterocycles. The first-order chi connectivity index (χ1) is 13.1. The molecular weight excluding hydrogens is 340 g/mol. The molecule has 0 atom stereocenters. The predicted molar refractivity (Wildman–Crippen MR) is 106 cm³/mol. The summed E-state index contributed by atoms with van der Waals surface area (Å²) in [5.74, 6) is 2.91. The number of fused-ring (bicyclic) bond motifs is 1. The molecular formula is C21H22N4O2. The summed E-state index contributed by atoms with van der Waals surface area (Å²) < 4.78 is 10.8. The van der Waals surface area contributed by atoms with E-state index in [0.717, 1.165) is 34.3 Å². The molecule has 2 aromatic carbocycles. The molecule has 4 rings (SSSR count). The van der Waals surface area contributed by atoms with E-state index in [9.17, 15) is 0 Å². The Balaban J connectivity index is 1.48. The summed E-state index contributed by atoms with van der Waals surface area (Å²) in [6.07, 6.45) is 0. The summed E-state index contributed by atoms with van der Waals surface area (Å²) in [5, 5.41) is 6.67. The van der Waals surface area contributed by atoms with Gasteiger partial charge in [-0.15, -0.1) is 0 Å². The Hall–Kier alpha value is -3.28. The maximum absolute atomic E-state index is 5.42. The maximum atomic E-state index is 5.42. The summed E-state index contributed by atoms with van der Waals surface area (Å²) in [6, 6.07) is 14.1. The number of aromatic nitrogens is 2. The van der Waals surface area contributed by atoms with Gasteiger partial charge in [-0.05, 0) is 50.1 Å². The minimum Gasteiger partial charge on any atom is -0.454 e. The van der Waals surface area contributed by atoms with Crippen LogP contribution in [-0.2, 0) is 6.54 Å². The Morgan fingerprint density at radius 1 is 0.926 bits per heavy atom. The monoisotopic (exact) mass is 362 g/mol. The summed E-state index contributed by atoms with van der Waals surface area (Å²) in [6.45, 7) is 7.01. The van der Waals surface area contributed by atoms with Crippen LogP contribution < -0.4 is 20.1 Å². The molecule has 1 aliphatic rings. The van der Waals surface area contributed by atoms with Gasteiger partial charge in [0.25, 0.3) is 0 Å². The van der Waals surface area contributed by atoms with Gasteiger partial charge in [0.1, 0.15) is 5.82 Å². The third kappa shape index (κ3) is 3.95. The molecule has 3 aromatic rings. The highest BCUT2D eigenvalue weighted by atomic mass is 16.7. The quantitative estimate of drug-likeness (QED) is 0.697. The lowest BCUT2D eigenvalue weighted by Gasteiger charge is -2.12. The molecule has 138 valence electrons. The number of nitrogens with zero attached hydrogens (tertiary/aromatic N) is 2. The Labute approximate surface area is 158 Å². The Bertz CT molecular complexity index is 988. The van der Waals surface area contributed by atoms with E-state index in [-0.39, 0.29) is 6.79 Å². The number of aryl methyl sites for hydroxylation is 3. The van der Waals surface area contributed by atoms with Crippen molar-refractivity contribution in [2.45, 2.75) is 27.3 Å². The third-order valence-electron chi connectivity index (χ3n) is 4.39. The van der Waals surface area contributed by atoms with Crippen molar-refractivity contribution < 1.29 is 9.47 Å². The van der Waals surface area contributed by atoms with E-state index in [1.807, 2.05) is 31.2 Å². The van der Waals surface area contributed by atoms with Crippen LogP contribution in [0.3, 0.4) is 0 Å². The van der Waals surface area contributed by atoms with Crippen molar-refractivity contribution >= 4 is 17.5 Å². The molecule has 0 spiro atoms. The van der Waals surface area contributed by atoms with Crippen LogP contribution in [0, 0.1) is 20.8 Å². The fourth-order valence-corrected chi connectivity index (χ4v) is 3.04. The molecule has 0 saturated carbocycles. The van der Waals surface area contributed by atoms with E-state index < -0.39 is 0 Å². The first kappa shape index (κ1) is 17.1. The second-order valence-corrected chi connectivity index (χ2v) is 6.70. The highest BCUT2D eigenvalue weighted by molar-refractivity contribution is 5.62. The fourth-order valence-electron chi connectivity index (χ4n) is 3.04. The van der Waals surface area contributed by atoms with Gasteiger partial charge in [0.15, 0.2) is 11.5 Å². The predicted octanol–water partition coefficient (Wildman–Crippen LogP) is 4.49. The summed E-state index contributed by atoms with van der Waals surface area (Å²) in [7, 11) is 0. The molecule has 6 heteroatoms. The molecule has 1 aromatic heterocycles. The number of rotatable bonds is 5. The van der Waals surface area contributed by atoms with Gasteiger partial charge in [-0.1, -0.05) is 23.8 Å². The zero-order valence-electron chi connectivity index (χ0n) is 15.7. The van der Waals surface area contributed by atoms with E-state index >= 15 is 0 Å². The topological polar surface area (TPSA) is 68.3 Å². The minimum atomic E-state index is 0.278. The average molecular weight is 362 g/mol. The van der Waals surface area contributed by atoms with Crippen LogP contribution in [0.5, 0.6) is 11.5 Å². The summed E-state index contributed by atoms with van der Waals surface area (Å²) in [4.78, 5) is 9.07. The van der Waals surface area contributed by atoms with Gasteiger partial charge in [0.2, 0.25) is 12.7 Å². The standard InChI is InChI=1S/C21H22N4O2/c1-13-4-6-17(14(2)8-13)24-20-9-15(3)23-21(25-20)22-11-16-5-7-18-19(10-16)27-12-26-18/h4-10H,11-12H2,1-3H3,(H2,22,23,24,25). The van der Waals surface area contributed by atoms with Crippen LogP contribution >= 0.6 is 0 Å². The molecule has 0 bridgehead atoms. The lowest BCUT2D eigenvalue weighted by atomic mass is 10.1. The first-order valence-corrected chi connectivity index (χ1v) is 8.89. The van der Waals surface area contributed by atoms with Crippen molar-refractivity contribution in [2.24, 2.45) is 0 Å². The van der Waals surface area contributed by atoms with Crippen LogP contribution in [0.1, 0.15) is 22.4 Å². The Kier molecular flexibility index (Phi) is 4.54. The normalized spacial score (nSPS) is 12.1. The smallest absolute Gasteiger partial charge is 0.231 e. The molecule has 0 unspecified atom stereocenters. The number of ether oxygens (including phenoxy) is 2. The first-order valence-electron chi connectivity index (χ1n) is 8.89. The number of hydrogen-bond donors (Lipinski definition) is 2. The van der Waals surface area contributed by atoms with Crippen LogP contribution in [0.15, 0.2) is 42.5 Å². The van der Waals surface area contributed by atoms with Gasteiger partial charge in [-0.2, -0.15) is 4.98 Å². The van der Waals surface area contributed by atoms with Crippen LogP contribution in [0.2, 0.25) is 0 Å². The molecule has 0 fully saturated rings. The molecule has 6 nitrogen and oxygen atoms in total. The van der Waals surface area contributed by atoms with Gasteiger partial charge >= 0.3 is 0 Å². The lowest BCUT2D eigenvalue weighted by Crippen LogP contribution is -2.06. The van der Waals surface area contributed by atoms with Gasteiger partial charge < -0.3 is 20.1 Å². The molecule has 0 saturated heterocycles.